The highest BCUT2D eigenvalue weighted by Crippen LogP contribution is 2.29. The molecule has 0 unspecified atom stereocenters. The number of hydrogen-bond acceptors (Lipinski definition) is 3. The van der Waals surface area contributed by atoms with Crippen molar-refractivity contribution in [2.45, 2.75) is 32.1 Å². The molecule has 1 aliphatic rings. The van der Waals surface area contributed by atoms with E-state index in [1.807, 2.05) is 18.7 Å². The zero-order valence-corrected chi connectivity index (χ0v) is 11.6. The minimum Gasteiger partial charge on any atom is -0.353 e. The summed E-state index contributed by atoms with van der Waals surface area (Å²) < 4.78 is 39.1. The Balaban J connectivity index is 2.21. The number of carbonyl (C=O) groups excluding carboxylic acids is 1. The molecule has 1 amide bonds. The first-order valence-corrected chi connectivity index (χ1v) is 6.21. The Morgan fingerprint density at radius 2 is 2.10 bits per heavy atom. The van der Waals surface area contributed by atoms with Crippen LogP contribution in [-0.2, 0) is 24.6 Å². The topological polar surface area (TPSA) is 50.2 Å². The quantitative estimate of drug-likeness (QED) is 0.889. The first-order valence-electron chi connectivity index (χ1n) is 6.21. The number of piperazine rings is 1. The van der Waals surface area contributed by atoms with Crippen LogP contribution >= 0.6 is 0 Å². The number of rotatable bonds is 2. The second-order valence-electron chi connectivity index (χ2n) is 5.59. The molecule has 2 heterocycles. The Kier molecular flexibility index (Phi) is 3.53. The smallest absolute Gasteiger partial charge is 0.353 e. The third-order valence-electron chi connectivity index (χ3n) is 3.53. The molecular formula is C12H17F3N4O. The van der Waals surface area contributed by atoms with Gasteiger partial charge in [-0.05, 0) is 19.9 Å². The van der Waals surface area contributed by atoms with E-state index >= 15 is 0 Å². The van der Waals surface area contributed by atoms with E-state index in [4.69, 9.17) is 0 Å². The summed E-state index contributed by atoms with van der Waals surface area (Å²) in [7, 11) is 1.47. The number of nitrogens with zero attached hydrogens (tertiary/aromatic N) is 3. The minimum atomic E-state index is -4.45. The van der Waals surface area contributed by atoms with Crippen LogP contribution in [0.1, 0.15) is 25.2 Å². The van der Waals surface area contributed by atoms with E-state index in [2.05, 4.69) is 10.4 Å². The summed E-state index contributed by atoms with van der Waals surface area (Å²) in [6.07, 6.45) is -4.45. The van der Waals surface area contributed by atoms with Gasteiger partial charge in [0.25, 0.3) is 0 Å². The monoisotopic (exact) mass is 290 g/mol. The third-order valence-corrected chi connectivity index (χ3v) is 3.53. The molecule has 112 valence electrons. The molecule has 0 spiro atoms. The van der Waals surface area contributed by atoms with E-state index in [9.17, 15) is 18.0 Å². The van der Waals surface area contributed by atoms with Crippen molar-refractivity contribution in [3.05, 3.63) is 17.5 Å². The molecule has 1 N–H and O–H groups in total. The van der Waals surface area contributed by atoms with Crippen molar-refractivity contribution in [3.8, 4) is 0 Å². The lowest BCUT2D eigenvalue weighted by Crippen LogP contribution is -2.59. The van der Waals surface area contributed by atoms with Crippen LogP contribution in [0.3, 0.4) is 0 Å². The lowest BCUT2D eigenvalue weighted by atomic mass is 9.99. The van der Waals surface area contributed by atoms with Gasteiger partial charge in [0.1, 0.15) is 0 Å². The van der Waals surface area contributed by atoms with Gasteiger partial charge in [-0.3, -0.25) is 14.4 Å². The molecule has 5 nitrogen and oxygen atoms in total. The van der Waals surface area contributed by atoms with Gasteiger partial charge in [-0.1, -0.05) is 0 Å². The van der Waals surface area contributed by atoms with Crippen LogP contribution in [0.25, 0.3) is 0 Å². The van der Waals surface area contributed by atoms with Crippen molar-refractivity contribution in [1.82, 2.24) is 20.0 Å². The Morgan fingerprint density at radius 3 is 2.65 bits per heavy atom. The number of halogens is 3. The predicted molar refractivity (Wildman–Crippen MR) is 65.7 cm³/mol. The van der Waals surface area contributed by atoms with Crippen LogP contribution in [0.5, 0.6) is 0 Å². The van der Waals surface area contributed by atoms with E-state index in [1.165, 1.54) is 11.7 Å². The number of amides is 1. The summed E-state index contributed by atoms with van der Waals surface area (Å²) in [6.45, 7) is 4.76. The van der Waals surface area contributed by atoms with E-state index < -0.39 is 11.9 Å². The lowest BCUT2D eigenvalue weighted by molar-refractivity contribution is -0.141. The number of aryl methyl sites for hydroxylation is 1. The summed E-state index contributed by atoms with van der Waals surface area (Å²) in [5.74, 6) is -0.123. The van der Waals surface area contributed by atoms with Gasteiger partial charge in [0.15, 0.2) is 5.69 Å². The van der Waals surface area contributed by atoms with E-state index in [1.54, 1.807) is 0 Å². The molecule has 8 heteroatoms. The summed E-state index contributed by atoms with van der Waals surface area (Å²) in [6, 6.07) is 1.03. The summed E-state index contributed by atoms with van der Waals surface area (Å²) in [5, 5.41) is 6.23. The fraction of sp³-hybridized carbons (Fsp3) is 0.667. The highest BCUT2D eigenvalue weighted by atomic mass is 19.4. The van der Waals surface area contributed by atoms with Gasteiger partial charge in [0.05, 0.1) is 12.2 Å². The average molecular weight is 290 g/mol. The van der Waals surface area contributed by atoms with Gasteiger partial charge < -0.3 is 5.32 Å². The number of hydrogen-bond donors (Lipinski definition) is 1. The SMILES string of the molecule is Cn1nc(C(F)(F)F)cc1CN1CC(=O)NCC1(C)C. The molecule has 20 heavy (non-hydrogen) atoms. The van der Waals surface area contributed by atoms with Crippen LogP contribution in [0, 0.1) is 0 Å². The predicted octanol–water partition coefficient (Wildman–Crippen LogP) is 1.15. The Bertz CT molecular complexity index is 521. The van der Waals surface area contributed by atoms with Crippen molar-refractivity contribution < 1.29 is 18.0 Å². The molecular weight excluding hydrogens is 273 g/mol. The molecule has 1 aliphatic heterocycles. The van der Waals surface area contributed by atoms with Crippen LogP contribution in [0.15, 0.2) is 6.07 Å². The second-order valence-corrected chi connectivity index (χ2v) is 5.59. The number of aromatic nitrogens is 2. The molecule has 0 aliphatic carbocycles. The van der Waals surface area contributed by atoms with Gasteiger partial charge in [0, 0.05) is 25.7 Å². The first kappa shape index (κ1) is 14.8. The summed E-state index contributed by atoms with van der Waals surface area (Å²) in [4.78, 5) is 13.3. The van der Waals surface area contributed by atoms with Crippen LogP contribution in [0.4, 0.5) is 13.2 Å². The third kappa shape index (κ3) is 2.95. The van der Waals surface area contributed by atoms with Gasteiger partial charge in [-0.25, -0.2) is 0 Å². The van der Waals surface area contributed by atoms with Crippen LogP contribution in [0.2, 0.25) is 0 Å². The molecule has 0 radical (unpaired) electrons. The molecule has 0 saturated carbocycles. The van der Waals surface area contributed by atoms with Crippen LogP contribution in [-0.4, -0.2) is 39.2 Å². The van der Waals surface area contributed by atoms with Crippen molar-refractivity contribution in [2.75, 3.05) is 13.1 Å². The maximum absolute atomic E-state index is 12.6. The second kappa shape index (κ2) is 4.76. The molecule has 0 bridgehead atoms. The lowest BCUT2D eigenvalue weighted by Gasteiger charge is -2.41. The zero-order chi connectivity index (χ0) is 15.1. The van der Waals surface area contributed by atoms with Crippen molar-refractivity contribution in [2.24, 2.45) is 7.05 Å². The number of nitrogens with one attached hydrogen (secondary N) is 1. The molecule has 2 rings (SSSR count). The molecule has 1 aromatic rings. The highest BCUT2D eigenvalue weighted by Gasteiger charge is 2.37. The van der Waals surface area contributed by atoms with Gasteiger partial charge in [0.2, 0.25) is 5.91 Å². The van der Waals surface area contributed by atoms with Crippen LogP contribution < -0.4 is 5.32 Å². The molecule has 1 aromatic heterocycles. The van der Waals surface area contributed by atoms with E-state index in [0.717, 1.165) is 6.07 Å². The van der Waals surface area contributed by atoms with E-state index in [0.29, 0.717) is 12.2 Å². The Hall–Kier alpha value is -1.57. The number of carbonyl (C=O) groups is 1. The van der Waals surface area contributed by atoms with Gasteiger partial charge in [-0.15, -0.1) is 0 Å². The maximum Gasteiger partial charge on any atom is 0.435 e. The van der Waals surface area contributed by atoms with Crippen molar-refractivity contribution in [1.29, 1.82) is 0 Å². The summed E-state index contributed by atoms with van der Waals surface area (Å²) in [5.41, 5.74) is -0.786. The minimum absolute atomic E-state index is 0.123. The van der Waals surface area contributed by atoms with Gasteiger partial charge in [-0.2, -0.15) is 18.3 Å². The standard InChI is InChI=1S/C12H17F3N4O/c1-11(2)7-16-10(20)6-19(11)5-8-4-9(12(13,14)15)17-18(8)3/h4H,5-7H2,1-3H3,(H,16,20). The van der Waals surface area contributed by atoms with Crippen molar-refractivity contribution in [3.63, 3.8) is 0 Å². The normalized spacial score (nSPS) is 20.0. The Labute approximate surface area is 114 Å². The Morgan fingerprint density at radius 1 is 1.45 bits per heavy atom. The summed E-state index contributed by atoms with van der Waals surface area (Å²) >= 11 is 0. The van der Waals surface area contributed by atoms with Crippen molar-refractivity contribution >= 4 is 5.91 Å². The number of alkyl halides is 3. The molecule has 0 atom stereocenters. The van der Waals surface area contributed by atoms with E-state index in [-0.39, 0.29) is 24.5 Å². The highest BCUT2D eigenvalue weighted by molar-refractivity contribution is 5.79. The first-order chi connectivity index (χ1) is 9.09. The molecule has 1 saturated heterocycles. The average Bonchev–Trinajstić information content (AvgIpc) is 2.66. The fourth-order valence-corrected chi connectivity index (χ4v) is 2.13. The molecule has 1 fully saturated rings. The van der Waals surface area contributed by atoms with Gasteiger partial charge >= 0.3 is 6.18 Å². The fourth-order valence-electron chi connectivity index (χ4n) is 2.13. The zero-order valence-electron chi connectivity index (χ0n) is 11.6. The molecule has 0 aromatic carbocycles. The largest absolute Gasteiger partial charge is 0.435 e. The maximum atomic E-state index is 12.6.